The molecule has 0 saturated heterocycles. The molecule has 0 unspecified atom stereocenters. The first-order valence-electron chi connectivity index (χ1n) is 10.7. The number of carbonyl (C=O) groups excluding carboxylic acids is 3. The van der Waals surface area contributed by atoms with Crippen molar-refractivity contribution in [3.8, 4) is 0 Å². The Hall–Kier alpha value is -3.81. The topological polar surface area (TPSA) is 92.2 Å². The molecule has 3 amide bonds. The number of benzene rings is 3. The van der Waals surface area contributed by atoms with Crippen LogP contribution in [0, 0.1) is 20.8 Å². The number of aryl methyl sites for hydroxylation is 1. The van der Waals surface area contributed by atoms with Gasteiger partial charge in [-0.25, -0.2) is 4.68 Å². The summed E-state index contributed by atoms with van der Waals surface area (Å²) in [5, 5.41) is 7.01. The molecule has 1 heterocycles. The van der Waals surface area contributed by atoms with Crippen molar-refractivity contribution in [3.63, 3.8) is 0 Å². The molecule has 0 aliphatic carbocycles. The number of rotatable bonds is 4. The lowest BCUT2D eigenvalue weighted by Crippen LogP contribution is -2.36. The molecule has 1 aromatic heterocycles. The van der Waals surface area contributed by atoms with Crippen molar-refractivity contribution >= 4 is 63.2 Å². The van der Waals surface area contributed by atoms with Gasteiger partial charge < -0.3 is 10.6 Å². The van der Waals surface area contributed by atoms with Gasteiger partial charge in [0.25, 0.3) is 5.91 Å². The summed E-state index contributed by atoms with van der Waals surface area (Å²) in [5.41, 5.74) is 6.72. The fourth-order valence-corrected chi connectivity index (χ4v) is 3.98. The van der Waals surface area contributed by atoms with Gasteiger partial charge in [0.1, 0.15) is 5.69 Å². The van der Waals surface area contributed by atoms with Crippen LogP contribution in [0.3, 0.4) is 0 Å². The van der Waals surface area contributed by atoms with Crippen LogP contribution < -0.4 is 16.1 Å². The summed E-state index contributed by atoms with van der Waals surface area (Å²) in [6.45, 7) is 5.55. The normalized spacial score (nSPS) is 10.8. The van der Waals surface area contributed by atoms with Gasteiger partial charge in [-0.15, -0.1) is 0 Å². The van der Waals surface area contributed by atoms with Crippen LogP contribution in [-0.4, -0.2) is 22.4 Å². The second-order valence-electron chi connectivity index (χ2n) is 8.08. The van der Waals surface area contributed by atoms with Crippen molar-refractivity contribution in [2.75, 3.05) is 16.1 Å². The Balaban J connectivity index is 1.65. The highest BCUT2D eigenvalue weighted by atomic mass is 35.5. The number of aromatic nitrogens is 1. The number of hydrogen-bond donors (Lipinski definition) is 3. The van der Waals surface area contributed by atoms with E-state index in [2.05, 4.69) is 16.1 Å². The molecule has 0 bridgehead atoms. The Kier molecular flexibility index (Phi) is 6.82. The van der Waals surface area contributed by atoms with Gasteiger partial charge in [-0.2, -0.15) is 0 Å². The molecular formula is C26H22Cl2N4O3. The molecule has 4 aromatic rings. The van der Waals surface area contributed by atoms with Crippen LogP contribution in [0.5, 0.6) is 0 Å². The second kappa shape index (κ2) is 9.82. The molecule has 7 nitrogen and oxygen atoms in total. The lowest BCUT2D eigenvalue weighted by atomic mass is 10.1. The maximum Gasteiger partial charge on any atom is 0.328 e. The van der Waals surface area contributed by atoms with Crippen molar-refractivity contribution in [2.45, 2.75) is 20.8 Å². The smallest absolute Gasteiger partial charge is 0.320 e. The predicted octanol–water partition coefficient (Wildman–Crippen LogP) is 5.83. The van der Waals surface area contributed by atoms with Gasteiger partial charge in [0.2, 0.25) is 0 Å². The Morgan fingerprint density at radius 2 is 1.46 bits per heavy atom. The van der Waals surface area contributed by atoms with Crippen LogP contribution in [0.2, 0.25) is 10.0 Å². The molecule has 0 fully saturated rings. The van der Waals surface area contributed by atoms with Gasteiger partial charge in [-0.05, 0) is 79.9 Å². The van der Waals surface area contributed by atoms with Crippen LogP contribution >= 0.6 is 23.2 Å². The van der Waals surface area contributed by atoms with Crippen LogP contribution in [0.4, 0.5) is 11.4 Å². The fourth-order valence-electron chi connectivity index (χ4n) is 3.62. The van der Waals surface area contributed by atoms with Gasteiger partial charge in [0.15, 0.2) is 0 Å². The summed E-state index contributed by atoms with van der Waals surface area (Å²) in [5.74, 6) is -2.31. The second-order valence-corrected chi connectivity index (χ2v) is 8.92. The number of halogens is 2. The first-order valence-corrected chi connectivity index (χ1v) is 11.5. The lowest BCUT2D eigenvalue weighted by Gasteiger charge is -2.14. The van der Waals surface area contributed by atoms with E-state index in [9.17, 15) is 14.4 Å². The highest BCUT2D eigenvalue weighted by molar-refractivity contribution is 6.42. The molecule has 0 radical (unpaired) electrons. The Morgan fingerprint density at radius 3 is 2.20 bits per heavy atom. The molecule has 3 aromatic carbocycles. The van der Waals surface area contributed by atoms with Crippen LogP contribution in [0.1, 0.15) is 27.2 Å². The zero-order valence-electron chi connectivity index (χ0n) is 19.2. The van der Waals surface area contributed by atoms with Crippen molar-refractivity contribution in [1.29, 1.82) is 0 Å². The van der Waals surface area contributed by atoms with Gasteiger partial charge in [0, 0.05) is 26.8 Å². The number of carbonyl (C=O) groups is 3. The molecule has 178 valence electrons. The fraction of sp³-hybridized carbons (Fsp3) is 0.115. The zero-order valence-corrected chi connectivity index (χ0v) is 20.7. The monoisotopic (exact) mass is 508 g/mol. The third kappa shape index (κ3) is 5.01. The largest absolute Gasteiger partial charge is 0.328 e. The van der Waals surface area contributed by atoms with Crippen molar-refractivity contribution in [3.05, 3.63) is 93.1 Å². The van der Waals surface area contributed by atoms with Crippen molar-refractivity contribution in [1.82, 2.24) is 4.68 Å². The molecule has 0 spiro atoms. The highest BCUT2D eigenvalue weighted by Crippen LogP contribution is 2.26. The van der Waals surface area contributed by atoms with Crippen molar-refractivity contribution < 1.29 is 14.4 Å². The summed E-state index contributed by atoms with van der Waals surface area (Å²) < 4.78 is 1.27. The van der Waals surface area contributed by atoms with Gasteiger partial charge in [0.05, 0.1) is 5.52 Å². The number of amides is 3. The quantitative estimate of drug-likeness (QED) is 0.302. The van der Waals surface area contributed by atoms with Crippen LogP contribution in [0.15, 0.2) is 60.7 Å². The number of hydrogen-bond acceptors (Lipinski definition) is 3. The minimum absolute atomic E-state index is 0.106. The SMILES string of the molecule is Cc1cccc(NC(=O)C(=O)Nn2c(C(=O)Nc3cccc(Cl)c3C)cc3cc(Cl)ccc32)c1C. The van der Waals surface area contributed by atoms with Crippen LogP contribution in [0.25, 0.3) is 10.9 Å². The van der Waals surface area contributed by atoms with E-state index in [1.165, 1.54) is 4.68 Å². The molecule has 0 aliphatic heterocycles. The lowest BCUT2D eigenvalue weighted by molar-refractivity contribution is -0.133. The Bertz CT molecular complexity index is 1490. The van der Waals surface area contributed by atoms with E-state index in [0.29, 0.717) is 37.9 Å². The van der Waals surface area contributed by atoms with E-state index in [1.54, 1.807) is 61.5 Å². The number of anilines is 2. The highest BCUT2D eigenvalue weighted by Gasteiger charge is 2.22. The molecule has 0 atom stereocenters. The van der Waals surface area contributed by atoms with E-state index < -0.39 is 17.7 Å². The third-order valence-electron chi connectivity index (χ3n) is 5.78. The third-order valence-corrected chi connectivity index (χ3v) is 6.43. The maximum atomic E-state index is 13.2. The zero-order chi connectivity index (χ0) is 25.3. The summed E-state index contributed by atoms with van der Waals surface area (Å²) in [6.07, 6.45) is 0. The van der Waals surface area contributed by atoms with E-state index in [-0.39, 0.29) is 5.69 Å². The minimum atomic E-state index is -0.939. The van der Waals surface area contributed by atoms with E-state index in [4.69, 9.17) is 23.2 Å². The molecule has 35 heavy (non-hydrogen) atoms. The first kappa shape index (κ1) is 24.3. The number of nitrogens with zero attached hydrogens (tertiary/aromatic N) is 1. The molecular weight excluding hydrogens is 487 g/mol. The molecule has 4 rings (SSSR count). The maximum absolute atomic E-state index is 13.2. The summed E-state index contributed by atoms with van der Waals surface area (Å²) in [4.78, 5) is 38.7. The number of nitrogens with one attached hydrogen (secondary N) is 3. The summed E-state index contributed by atoms with van der Waals surface area (Å²) >= 11 is 12.3. The van der Waals surface area contributed by atoms with Gasteiger partial charge in [-0.1, -0.05) is 41.4 Å². The average molecular weight is 509 g/mol. The van der Waals surface area contributed by atoms with Gasteiger partial charge in [-0.3, -0.25) is 19.8 Å². The van der Waals surface area contributed by atoms with E-state index in [0.717, 1.165) is 11.1 Å². The molecule has 0 saturated carbocycles. The average Bonchev–Trinajstić information content (AvgIpc) is 3.17. The van der Waals surface area contributed by atoms with Gasteiger partial charge >= 0.3 is 11.8 Å². The Morgan fingerprint density at radius 1 is 0.771 bits per heavy atom. The summed E-state index contributed by atoms with van der Waals surface area (Å²) in [7, 11) is 0. The summed E-state index contributed by atoms with van der Waals surface area (Å²) in [6, 6.07) is 17.1. The number of fused-ring (bicyclic) bond motifs is 1. The first-order chi connectivity index (χ1) is 16.7. The van der Waals surface area contributed by atoms with E-state index >= 15 is 0 Å². The predicted molar refractivity (Wildman–Crippen MR) is 140 cm³/mol. The minimum Gasteiger partial charge on any atom is -0.320 e. The standard InChI is InChI=1S/C26H22Cl2N4O3/c1-14-6-4-8-20(15(14)2)30-25(34)26(35)31-32-22-11-10-18(27)12-17(22)13-23(32)24(33)29-21-9-5-7-19(28)16(21)3/h4-13H,1-3H3,(H,29,33)(H,30,34)(H,31,35). The molecule has 9 heteroatoms. The molecule has 3 N–H and O–H groups in total. The van der Waals surface area contributed by atoms with Crippen LogP contribution in [-0.2, 0) is 9.59 Å². The van der Waals surface area contributed by atoms with E-state index in [1.807, 2.05) is 19.9 Å². The Labute approximate surface area is 212 Å². The van der Waals surface area contributed by atoms with Crippen molar-refractivity contribution in [2.24, 2.45) is 0 Å². The molecule has 0 aliphatic rings.